The Bertz CT molecular complexity index is 770. The van der Waals surface area contributed by atoms with E-state index in [0.717, 1.165) is 17.5 Å². The summed E-state index contributed by atoms with van der Waals surface area (Å²) in [4.78, 5) is 0. The molecule has 3 aromatic carbocycles. The van der Waals surface area contributed by atoms with Gasteiger partial charge in [-0.15, -0.1) is 5.56 Å². The minimum Gasteiger partial charge on any atom is -0.179 e. The van der Waals surface area contributed by atoms with E-state index in [-0.39, 0.29) is 0 Å². The van der Waals surface area contributed by atoms with Crippen LogP contribution in [0.5, 0.6) is 5.75 Å². The summed E-state index contributed by atoms with van der Waals surface area (Å²) in [7, 11) is 9.78. The van der Waals surface area contributed by atoms with E-state index in [1.165, 1.54) is 22.3 Å². The van der Waals surface area contributed by atoms with Crippen molar-refractivity contribution in [1.29, 1.82) is 0 Å². The van der Waals surface area contributed by atoms with Gasteiger partial charge in [-0.05, 0) is 31.4 Å². The molecule has 0 atom stereocenters. The number of phenolic OH excluding ortho intramolecular Hbond substituents is 1. The topological polar surface area (TPSA) is 20.2 Å². The molecule has 4 heteroatoms. The monoisotopic (exact) mass is 405 g/mol. The Morgan fingerprint density at radius 3 is 2.12 bits per heavy atom. The van der Waals surface area contributed by atoms with Crippen LogP contribution in [0.4, 0.5) is 0 Å². The molecule has 1 N–H and O–H groups in total. The largest absolute Gasteiger partial charge is 0.179 e. The van der Waals surface area contributed by atoms with Crippen molar-refractivity contribution in [3.63, 3.8) is 0 Å². The summed E-state index contributed by atoms with van der Waals surface area (Å²) in [6, 6.07) is 23.8. The fraction of sp³-hybridized carbons (Fsp3) is 0.143. The second kappa shape index (κ2) is 10.0. The summed E-state index contributed by atoms with van der Waals surface area (Å²) in [5.41, 5.74) is 7.39. The summed E-state index contributed by atoms with van der Waals surface area (Å²) < 4.78 is 0. The van der Waals surface area contributed by atoms with Gasteiger partial charge in [-0.2, -0.15) is 29.8 Å². The number of fused-ring (bicyclic) bond motifs is 3. The third-order valence-electron chi connectivity index (χ3n) is 4.06. The maximum atomic E-state index is 9.21. The van der Waals surface area contributed by atoms with Gasteiger partial charge in [0.1, 0.15) is 5.75 Å². The minimum atomic E-state index is -0.556. The first-order valence-electron chi connectivity index (χ1n) is 7.87. The van der Waals surface area contributed by atoms with Crippen molar-refractivity contribution >= 4 is 18.6 Å². The molecule has 1 nitrogen and oxygen atoms in total. The quantitative estimate of drug-likeness (QED) is 0.263. The first-order valence-corrected chi connectivity index (χ1v) is 12.2. The molecule has 0 radical (unpaired) electrons. The van der Waals surface area contributed by atoms with Crippen LogP contribution >= 0.6 is 18.6 Å². The Morgan fingerprint density at radius 1 is 0.880 bits per heavy atom. The normalized spacial score (nSPS) is 10.4. The summed E-state index contributed by atoms with van der Waals surface area (Å²) in [6.45, 7) is 3.78. The fourth-order valence-electron chi connectivity index (χ4n) is 2.80. The maximum Gasteiger partial charge on any atom is -0.0253 e. The molecule has 0 unspecified atom stereocenters. The molecule has 128 valence electrons. The van der Waals surface area contributed by atoms with Crippen LogP contribution in [0.3, 0.4) is 0 Å². The third kappa shape index (κ3) is 5.36. The Labute approximate surface area is 166 Å². The zero-order chi connectivity index (χ0) is 18.2. The van der Waals surface area contributed by atoms with Crippen molar-refractivity contribution in [2.75, 3.05) is 0 Å². The molecule has 0 fully saturated rings. The average Bonchev–Trinajstić information content (AvgIpc) is 3.00. The van der Waals surface area contributed by atoms with E-state index in [1.54, 1.807) is 0 Å². The first kappa shape index (κ1) is 20.1. The fourth-order valence-corrected chi connectivity index (χ4v) is 2.80. The number of benzene rings is 3. The van der Waals surface area contributed by atoms with E-state index in [9.17, 15) is 5.11 Å². The van der Waals surface area contributed by atoms with Gasteiger partial charge in [-0.1, -0.05) is 53.6 Å². The number of para-hydroxylation sites is 1. The summed E-state index contributed by atoms with van der Waals surface area (Å²) in [5, 5.41) is 9.21. The molecule has 0 spiro atoms. The number of hydrogen-bond acceptors (Lipinski definition) is 1. The molecule has 25 heavy (non-hydrogen) atoms. The van der Waals surface area contributed by atoms with Gasteiger partial charge in [0.2, 0.25) is 0 Å². The molecule has 1 aliphatic carbocycles. The first-order chi connectivity index (χ1) is 12.1. The summed E-state index contributed by atoms with van der Waals surface area (Å²) in [6.07, 6.45) is 1.05. The van der Waals surface area contributed by atoms with E-state index in [4.69, 9.17) is 18.6 Å². The molecule has 3 aromatic rings. The van der Waals surface area contributed by atoms with Crippen LogP contribution < -0.4 is 0 Å². The van der Waals surface area contributed by atoms with Crippen molar-refractivity contribution in [3.05, 3.63) is 89.0 Å². The van der Waals surface area contributed by atoms with Crippen LogP contribution in [0, 0.1) is 19.9 Å². The standard InChI is InChI=1S/C13H9.C8H10O.2ClH.Ti/c1-3-7-12-10(5-1)9-11-6-2-4-8-13(11)12;1-6-4-3-5-7(2)8(6)9;;;/h1-5,7-8H,9H2;3-5,9H,1-2H3;2*1H;/q-1;;;;+2/p-2. The Hall–Kier alpha value is -1.25. The van der Waals surface area contributed by atoms with Crippen LogP contribution in [-0.2, 0) is 23.5 Å². The average molecular weight is 406 g/mol. The minimum absolute atomic E-state index is 0.414. The van der Waals surface area contributed by atoms with E-state index in [2.05, 4.69) is 42.5 Å². The predicted octanol–water partition coefficient (Wildman–Crippen LogP) is 6.44. The van der Waals surface area contributed by atoms with Crippen molar-refractivity contribution in [2.24, 2.45) is 0 Å². The molecular formula is C21H19Cl2OTi-. The number of rotatable bonds is 0. The number of aryl methyl sites for hydroxylation is 2. The third-order valence-corrected chi connectivity index (χ3v) is 4.06. The second-order valence-corrected chi connectivity index (χ2v) is 8.29. The molecule has 0 saturated carbocycles. The second-order valence-electron chi connectivity index (χ2n) is 5.71. The number of phenols is 1. The zero-order valence-corrected chi connectivity index (χ0v) is 17.3. The smallest absolute Gasteiger partial charge is 0.0253 e. The maximum absolute atomic E-state index is 9.21. The molecule has 1 aliphatic rings. The van der Waals surface area contributed by atoms with Gasteiger partial charge in [0.25, 0.3) is 0 Å². The number of hydrogen-bond donors (Lipinski definition) is 1. The van der Waals surface area contributed by atoms with Gasteiger partial charge in [0.05, 0.1) is 0 Å². The van der Waals surface area contributed by atoms with Gasteiger partial charge < -0.3 is 5.11 Å². The van der Waals surface area contributed by atoms with E-state index < -0.39 is 17.0 Å². The van der Waals surface area contributed by atoms with E-state index in [0.29, 0.717) is 5.75 Å². The van der Waals surface area contributed by atoms with Gasteiger partial charge in [0.15, 0.2) is 0 Å². The van der Waals surface area contributed by atoms with Gasteiger partial charge in [-0.25, -0.2) is 0 Å². The molecule has 4 rings (SSSR count). The summed E-state index contributed by atoms with van der Waals surface area (Å²) in [5.74, 6) is 0.414. The van der Waals surface area contributed by atoms with Crippen LogP contribution in [0.15, 0.2) is 60.7 Å². The molecule has 0 bridgehead atoms. The SMILES string of the molecule is Cc1cccc(C)c1O.[Cl][Ti][Cl].[c-]1cccc2c1Cc1ccccc1-2. The predicted molar refractivity (Wildman–Crippen MR) is 103 cm³/mol. The van der Waals surface area contributed by atoms with Crippen molar-refractivity contribution < 1.29 is 22.1 Å². The molecule has 0 heterocycles. The van der Waals surface area contributed by atoms with Crippen molar-refractivity contribution in [2.45, 2.75) is 20.3 Å². The van der Waals surface area contributed by atoms with Crippen LogP contribution in [0.2, 0.25) is 0 Å². The van der Waals surface area contributed by atoms with Crippen molar-refractivity contribution in [3.8, 4) is 16.9 Å². The van der Waals surface area contributed by atoms with E-state index >= 15 is 0 Å². The summed E-state index contributed by atoms with van der Waals surface area (Å²) >= 11 is -0.556. The van der Waals surface area contributed by atoms with Gasteiger partial charge in [0, 0.05) is 0 Å². The number of halogens is 2. The van der Waals surface area contributed by atoms with E-state index in [1.807, 2.05) is 38.1 Å². The molecular weight excluding hydrogens is 387 g/mol. The molecule has 0 aromatic heterocycles. The Morgan fingerprint density at radius 2 is 1.48 bits per heavy atom. The number of aromatic hydroxyl groups is 1. The van der Waals surface area contributed by atoms with Crippen molar-refractivity contribution in [1.82, 2.24) is 0 Å². The van der Waals surface area contributed by atoms with Crippen LogP contribution in [0.1, 0.15) is 22.3 Å². The molecule has 0 aliphatic heterocycles. The van der Waals surface area contributed by atoms with Gasteiger partial charge >= 0.3 is 35.6 Å². The Kier molecular flexibility index (Phi) is 8.06. The van der Waals surface area contributed by atoms with Crippen LogP contribution in [-0.4, -0.2) is 5.11 Å². The van der Waals surface area contributed by atoms with Crippen LogP contribution in [0.25, 0.3) is 11.1 Å². The van der Waals surface area contributed by atoms with Gasteiger partial charge in [-0.3, -0.25) is 0 Å². The molecule has 0 saturated heterocycles. The zero-order valence-electron chi connectivity index (χ0n) is 14.2. The molecule has 0 amide bonds. The Balaban J connectivity index is 0.000000165.